The molecular formula is C24H28N2O4. The lowest BCUT2D eigenvalue weighted by Crippen LogP contribution is -2.32. The van der Waals surface area contributed by atoms with Gasteiger partial charge in [0.2, 0.25) is 0 Å². The smallest absolute Gasteiger partial charge is 0.295 e. The molecule has 1 aliphatic heterocycles. The summed E-state index contributed by atoms with van der Waals surface area (Å²) >= 11 is 0. The number of Topliss-reactive ketones (excluding diaryl/α,β-unsaturated/α-hetero) is 1. The lowest BCUT2D eigenvalue weighted by Gasteiger charge is -2.26. The van der Waals surface area contributed by atoms with Crippen LogP contribution < -0.4 is 0 Å². The van der Waals surface area contributed by atoms with Crippen molar-refractivity contribution in [1.82, 2.24) is 9.80 Å². The van der Waals surface area contributed by atoms with Crippen molar-refractivity contribution in [3.8, 4) is 5.75 Å². The Balaban J connectivity index is 2.13. The first kappa shape index (κ1) is 21.6. The first-order valence-electron chi connectivity index (χ1n) is 10.0. The number of ketones is 1. The molecular weight excluding hydrogens is 380 g/mol. The molecule has 0 spiro atoms. The second-order valence-electron chi connectivity index (χ2n) is 8.06. The zero-order chi connectivity index (χ0) is 22.0. The minimum Gasteiger partial charge on any atom is -0.508 e. The summed E-state index contributed by atoms with van der Waals surface area (Å²) in [6, 6.07) is 11.3. The van der Waals surface area contributed by atoms with Gasteiger partial charge in [-0.3, -0.25) is 9.59 Å². The maximum atomic E-state index is 13.0. The van der Waals surface area contributed by atoms with E-state index in [1.807, 2.05) is 51.0 Å². The standard InChI is InChI=1S/C24H28N2O4/c1-15-6-7-16(2)19(14-15)22(28)20-21(17-8-10-18(27)11-9-17)26(24(30)23(20)29)13-5-12-25(3)4/h6-11,14,21,27-28H,5,12-13H2,1-4H3/b22-20+. The number of likely N-dealkylation sites (tertiary alicyclic amines) is 1. The maximum absolute atomic E-state index is 13.0. The van der Waals surface area contributed by atoms with Gasteiger partial charge < -0.3 is 20.0 Å². The number of carbonyl (C=O) groups is 2. The van der Waals surface area contributed by atoms with E-state index < -0.39 is 17.7 Å². The van der Waals surface area contributed by atoms with E-state index >= 15 is 0 Å². The van der Waals surface area contributed by atoms with E-state index in [1.54, 1.807) is 12.1 Å². The summed E-state index contributed by atoms with van der Waals surface area (Å²) in [6.45, 7) is 4.92. The van der Waals surface area contributed by atoms with E-state index in [9.17, 15) is 19.8 Å². The first-order valence-corrected chi connectivity index (χ1v) is 10.0. The van der Waals surface area contributed by atoms with E-state index in [-0.39, 0.29) is 17.1 Å². The van der Waals surface area contributed by atoms with Crippen LogP contribution in [0.1, 0.15) is 34.7 Å². The third-order valence-corrected chi connectivity index (χ3v) is 5.40. The maximum Gasteiger partial charge on any atom is 0.295 e. The van der Waals surface area contributed by atoms with E-state index in [0.717, 1.165) is 17.7 Å². The minimum atomic E-state index is -0.701. The molecule has 0 radical (unpaired) electrons. The van der Waals surface area contributed by atoms with Gasteiger partial charge in [0.25, 0.3) is 11.7 Å². The Kier molecular flexibility index (Phi) is 6.27. The van der Waals surface area contributed by atoms with E-state index in [2.05, 4.69) is 0 Å². The van der Waals surface area contributed by atoms with Crippen LogP contribution in [0.15, 0.2) is 48.0 Å². The number of aliphatic hydroxyl groups is 1. The number of amides is 1. The fourth-order valence-electron chi connectivity index (χ4n) is 3.81. The Morgan fingerprint density at radius 1 is 1.07 bits per heavy atom. The average Bonchev–Trinajstić information content (AvgIpc) is 2.94. The van der Waals surface area contributed by atoms with Crippen LogP contribution in [0, 0.1) is 13.8 Å². The number of rotatable bonds is 6. The Hall–Kier alpha value is -3.12. The summed E-state index contributed by atoms with van der Waals surface area (Å²) in [5, 5.41) is 20.8. The van der Waals surface area contributed by atoms with Crippen LogP contribution in [0.25, 0.3) is 5.76 Å². The molecule has 1 fully saturated rings. The van der Waals surface area contributed by atoms with Crippen LogP contribution in [0.3, 0.4) is 0 Å². The number of carbonyl (C=O) groups excluding carboxylic acids is 2. The molecule has 6 heteroatoms. The number of aliphatic hydroxyl groups excluding tert-OH is 1. The number of benzene rings is 2. The van der Waals surface area contributed by atoms with Crippen molar-refractivity contribution >= 4 is 17.4 Å². The summed E-state index contributed by atoms with van der Waals surface area (Å²) in [7, 11) is 3.90. The van der Waals surface area contributed by atoms with Gasteiger partial charge >= 0.3 is 0 Å². The highest BCUT2D eigenvalue weighted by atomic mass is 16.3. The molecule has 2 N–H and O–H groups in total. The molecule has 1 saturated heterocycles. The molecule has 2 aromatic carbocycles. The zero-order valence-corrected chi connectivity index (χ0v) is 17.8. The molecule has 6 nitrogen and oxygen atoms in total. The first-order chi connectivity index (χ1) is 14.2. The van der Waals surface area contributed by atoms with Gasteiger partial charge in [-0.2, -0.15) is 0 Å². The van der Waals surface area contributed by atoms with Gasteiger partial charge in [0.15, 0.2) is 0 Å². The Labute approximate surface area is 177 Å². The van der Waals surface area contributed by atoms with Crippen LogP contribution in [0.2, 0.25) is 0 Å². The topological polar surface area (TPSA) is 81.1 Å². The number of aryl methyl sites for hydroxylation is 2. The van der Waals surface area contributed by atoms with Gasteiger partial charge in [0, 0.05) is 12.1 Å². The highest BCUT2D eigenvalue weighted by Crippen LogP contribution is 2.40. The fraction of sp³-hybridized carbons (Fsp3) is 0.333. The number of aromatic hydroxyl groups is 1. The Morgan fingerprint density at radius 3 is 2.37 bits per heavy atom. The van der Waals surface area contributed by atoms with Crippen LogP contribution in [0.5, 0.6) is 5.75 Å². The number of phenolic OH excluding ortho intramolecular Hbond substituents is 1. The molecule has 30 heavy (non-hydrogen) atoms. The molecule has 1 heterocycles. The highest BCUT2D eigenvalue weighted by Gasteiger charge is 2.45. The van der Waals surface area contributed by atoms with Crippen LogP contribution >= 0.6 is 0 Å². The lowest BCUT2D eigenvalue weighted by molar-refractivity contribution is -0.139. The summed E-state index contributed by atoms with van der Waals surface area (Å²) in [6.07, 6.45) is 0.693. The second-order valence-corrected chi connectivity index (χ2v) is 8.06. The van der Waals surface area contributed by atoms with E-state index in [1.165, 1.54) is 17.0 Å². The van der Waals surface area contributed by atoms with Crippen LogP contribution in [-0.2, 0) is 9.59 Å². The molecule has 1 amide bonds. The fourth-order valence-corrected chi connectivity index (χ4v) is 3.81. The van der Waals surface area contributed by atoms with Crippen molar-refractivity contribution in [2.24, 2.45) is 0 Å². The number of phenols is 1. The molecule has 0 bridgehead atoms. The molecule has 0 aliphatic carbocycles. The predicted octanol–water partition coefficient (Wildman–Crippen LogP) is 3.38. The molecule has 2 aromatic rings. The van der Waals surface area contributed by atoms with Crippen molar-refractivity contribution in [2.45, 2.75) is 26.3 Å². The third-order valence-electron chi connectivity index (χ3n) is 5.40. The lowest BCUT2D eigenvalue weighted by atomic mass is 9.93. The molecule has 0 aromatic heterocycles. The highest BCUT2D eigenvalue weighted by molar-refractivity contribution is 6.46. The summed E-state index contributed by atoms with van der Waals surface area (Å²) < 4.78 is 0. The number of hydrogen-bond acceptors (Lipinski definition) is 5. The Morgan fingerprint density at radius 2 is 1.73 bits per heavy atom. The van der Waals surface area contributed by atoms with Gasteiger partial charge in [0.1, 0.15) is 11.5 Å². The van der Waals surface area contributed by atoms with Crippen molar-refractivity contribution in [3.05, 3.63) is 70.3 Å². The summed E-state index contributed by atoms with van der Waals surface area (Å²) in [5.41, 5.74) is 3.07. The van der Waals surface area contributed by atoms with Gasteiger partial charge in [-0.15, -0.1) is 0 Å². The second kappa shape index (κ2) is 8.71. The SMILES string of the molecule is Cc1ccc(C)c(/C(O)=C2\C(=O)C(=O)N(CCCN(C)C)C2c2ccc(O)cc2)c1. The summed E-state index contributed by atoms with van der Waals surface area (Å²) in [5.74, 6) is -1.37. The van der Waals surface area contributed by atoms with Gasteiger partial charge in [-0.1, -0.05) is 29.8 Å². The molecule has 158 valence electrons. The van der Waals surface area contributed by atoms with Crippen molar-refractivity contribution < 1.29 is 19.8 Å². The molecule has 1 unspecified atom stereocenters. The molecule has 3 rings (SSSR count). The van der Waals surface area contributed by atoms with Gasteiger partial charge in [0.05, 0.1) is 11.6 Å². The van der Waals surface area contributed by atoms with Crippen molar-refractivity contribution in [1.29, 1.82) is 0 Å². The number of nitrogens with zero attached hydrogens (tertiary/aromatic N) is 2. The summed E-state index contributed by atoms with van der Waals surface area (Å²) in [4.78, 5) is 29.4. The minimum absolute atomic E-state index is 0.0873. The molecule has 1 atom stereocenters. The van der Waals surface area contributed by atoms with Crippen LogP contribution in [0.4, 0.5) is 0 Å². The predicted molar refractivity (Wildman–Crippen MR) is 116 cm³/mol. The van der Waals surface area contributed by atoms with E-state index in [0.29, 0.717) is 24.1 Å². The quantitative estimate of drug-likeness (QED) is 0.435. The average molecular weight is 408 g/mol. The van der Waals surface area contributed by atoms with Gasteiger partial charge in [-0.25, -0.2) is 0 Å². The normalized spacial score (nSPS) is 18.4. The monoisotopic (exact) mass is 408 g/mol. The zero-order valence-electron chi connectivity index (χ0n) is 17.8. The molecule has 0 saturated carbocycles. The van der Waals surface area contributed by atoms with Crippen LogP contribution in [-0.4, -0.2) is 58.9 Å². The Bertz CT molecular complexity index is 993. The largest absolute Gasteiger partial charge is 0.508 e. The van der Waals surface area contributed by atoms with Crippen molar-refractivity contribution in [2.75, 3.05) is 27.2 Å². The third kappa shape index (κ3) is 4.24. The van der Waals surface area contributed by atoms with Crippen molar-refractivity contribution in [3.63, 3.8) is 0 Å². The van der Waals surface area contributed by atoms with Gasteiger partial charge in [-0.05, 0) is 70.2 Å². The van der Waals surface area contributed by atoms with E-state index in [4.69, 9.17) is 0 Å². The number of hydrogen-bond donors (Lipinski definition) is 2. The molecule has 1 aliphatic rings.